The van der Waals surface area contributed by atoms with Crippen molar-refractivity contribution in [2.75, 3.05) is 4.90 Å². The number of pyridine rings is 1. The number of rotatable bonds is 1. The second kappa shape index (κ2) is 3.64. The maximum atomic E-state index is 11.0. The van der Waals surface area contributed by atoms with Crippen LogP contribution < -0.4 is 4.90 Å². The van der Waals surface area contributed by atoms with Crippen LogP contribution >= 0.6 is 11.8 Å². The van der Waals surface area contributed by atoms with E-state index in [0.29, 0.717) is 5.82 Å². The van der Waals surface area contributed by atoms with Gasteiger partial charge in [-0.1, -0.05) is 23.9 Å². The van der Waals surface area contributed by atoms with Gasteiger partial charge in [0.15, 0.2) is 5.82 Å². The lowest BCUT2D eigenvalue weighted by atomic mass is 10.3. The van der Waals surface area contributed by atoms with Crippen molar-refractivity contribution in [1.82, 2.24) is 4.98 Å². The Hall–Kier alpha value is -1.81. The molecule has 3 nitrogen and oxygen atoms in total. The van der Waals surface area contributed by atoms with E-state index in [0.717, 1.165) is 15.5 Å². The van der Waals surface area contributed by atoms with E-state index in [1.165, 1.54) is 4.90 Å². The molecule has 0 bridgehead atoms. The van der Waals surface area contributed by atoms with Crippen molar-refractivity contribution in [2.45, 2.75) is 9.79 Å². The van der Waals surface area contributed by atoms with E-state index < -0.39 is 0 Å². The Kier molecular flexibility index (Phi) is 2.15. The Morgan fingerprint density at radius 3 is 2.81 bits per heavy atom. The molecule has 3 rings (SSSR count). The van der Waals surface area contributed by atoms with Crippen LogP contribution in [0.4, 0.5) is 11.5 Å². The average Bonchev–Trinajstić information content (AvgIpc) is 2.36. The highest BCUT2D eigenvalue weighted by atomic mass is 32.2. The van der Waals surface area contributed by atoms with Crippen LogP contribution in [0.2, 0.25) is 0 Å². The molecule has 0 aliphatic carbocycles. The van der Waals surface area contributed by atoms with Crippen molar-refractivity contribution in [3.63, 3.8) is 0 Å². The summed E-state index contributed by atoms with van der Waals surface area (Å²) in [5.41, 5.74) is 0.841. The van der Waals surface area contributed by atoms with Gasteiger partial charge in [-0.15, -0.1) is 0 Å². The number of hydrogen-bond acceptors (Lipinski definition) is 3. The van der Waals surface area contributed by atoms with Crippen molar-refractivity contribution >= 4 is 29.7 Å². The number of anilines is 2. The lowest BCUT2D eigenvalue weighted by Gasteiger charge is -2.25. The lowest BCUT2D eigenvalue weighted by Crippen LogP contribution is -2.19. The summed E-state index contributed by atoms with van der Waals surface area (Å²) in [5.74, 6) is 0.654. The number of benzene rings is 1. The van der Waals surface area contributed by atoms with Gasteiger partial charge in [-0.05, 0) is 24.3 Å². The van der Waals surface area contributed by atoms with Gasteiger partial charge in [0.25, 0.3) is 0 Å². The molecule has 1 aliphatic rings. The van der Waals surface area contributed by atoms with E-state index in [2.05, 4.69) is 4.98 Å². The fourth-order valence-electron chi connectivity index (χ4n) is 1.68. The molecule has 1 aromatic carbocycles. The molecule has 4 heteroatoms. The Balaban J connectivity index is 2.23. The van der Waals surface area contributed by atoms with E-state index in [9.17, 15) is 4.79 Å². The molecule has 0 unspecified atom stereocenters. The molecule has 0 N–H and O–H groups in total. The van der Waals surface area contributed by atoms with Crippen LogP contribution in [0.5, 0.6) is 0 Å². The van der Waals surface area contributed by atoms with Gasteiger partial charge < -0.3 is 0 Å². The fourth-order valence-corrected chi connectivity index (χ4v) is 2.71. The van der Waals surface area contributed by atoms with E-state index in [-0.39, 0.29) is 0 Å². The first-order valence-electron chi connectivity index (χ1n) is 4.80. The largest absolute Gasteiger partial charge is 0.323 e. The number of para-hydroxylation sites is 1. The molecule has 1 radical (unpaired) electrons. The minimum Gasteiger partial charge on any atom is -0.263 e. The highest BCUT2D eigenvalue weighted by Crippen LogP contribution is 2.45. The van der Waals surface area contributed by atoms with Gasteiger partial charge in [0, 0.05) is 11.1 Å². The minimum absolute atomic E-state index is 0.654. The molecule has 16 heavy (non-hydrogen) atoms. The first kappa shape index (κ1) is 9.42. The van der Waals surface area contributed by atoms with Crippen LogP contribution in [-0.2, 0) is 4.79 Å². The number of fused-ring (bicyclic) bond motifs is 2. The van der Waals surface area contributed by atoms with E-state index in [1.807, 2.05) is 42.8 Å². The van der Waals surface area contributed by atoms with Crippen LogP contribution in [0.25, 0.3) is 0 Å². The Morgan fingerprint density at radius 1 is 1.12 bits per heavy atom. The van der Waals surface area contributed by atoms with Gasteiger partial charge in [-0.3, -0.25) is 9.69 Å². The zero-order valence-electron chi connectivity index (χ0n) is 8.25. The molecular weight excluding hydrogens is 220 g/mol. The third-order valence-electron chi connectivity index (χ3n) is 2.38. The van der Waals surface area contributed by atoms with E-state index in [1.54, 1.807) is 18.0 Å². The Morgan fingerprint density at radius 2 is 1.94 bits per heavy atom. The maximum Gasteiger partial charge on any atom is 0.323 e. The van der Waals surface area contributed by atoms with Crippen LogP contribution in [0.3, 0.4) is 0 Å². The molecule has 0 saturated carbocycles. The number of carbonyl (C=O) groups excluding carboxylic acids is 1. The van der Waals surface area contributed by atoms with Gasteiger partial charge in [-0.2, -0.15) is 0 Å². The summed E-state index contributed by atoms with van der Waals surface area (Å²) in [6.07, 6.45) is 3.60. The van der Waals surface area contributed by atoms with Crippen molar-refractivity contribution in [1.29, 1.82) is 0 Å². The molecule has 0 saturated heterocycles. The number of hydrogen-bond donors (Lipinski definition) is 0. The van der Waals surface area contributed by atoms with Crippen LogP contribution in [0, 0.1) is 0 Å². The molecule has 2 aromatic rings. The molecular formula is C12H7N2OS. The van der Waals surface area contributed by atoms with Crippen molar-refractivity contribution < 1.29 is 4.79 Å². The number of nitrogens with zero attached hydrogens (tertiary/aromatic N) is 2. The molecule has 1 amide bonds. The third kappa shape index (κ3) is 1.31. The molecule has 1 aromatic heterocycles. The second-order valence-electron chi connectivity index (χ2n) is 3.32. The van der Waals surface area contributed by atoms with Gasteiger partial charge in [0.1, 0.15) is 0 Å². The second-order valence-corrected chi connectivity index (χ2v) is 4.41. The van der Waals surface area contributed by atoms with E-state index in [4.69, 9.17) is 0 Å². The Labute approximate surface area is 97.1 Å². The quantitative estimate of drug-likeness (QED) is 0.751. The maximum absolute atomic E-state index is 11.0. The Bertz CT molecular complexity index is 511. The highest BCUT2D eigenvalue weighted by Gasteiger charge is 2.23. The molecule has 0 spiro atoms. The molecule has 77 valence electrons. The van der Waals surface area contributed by atoms with Gasteiger partial charge >= 0.3 is 6.41 Å². The van der Waals surface area contributed by atoms with Gasteiger partial charge in [-0.25, -0.2) is 4.98 Å². The number of aromatic nitrogens is 1. The number of amides is 1. The molecule has 2 heterocycles. The summed E-state index contributed by atoms with van der Waals surface area (Å²) in [6, 6.07) is 11.6. The van der Waals surface area contributed by atoms with Crippen molar-refractivity contribution in [3.8, 4) is 0 Å². The first-order chi connectivity index (χ1) is 7.90. The average molecular weight is 227 g/mol. The smallest absolute Gasteiger partial charge is 0.263 e. The monoisotopic (exact) mass is 227 g/mol. The molecule has 1 aliphatic heterocycles. The topological polar surface area (TPSA) is 33.2 Å². The minimum atomic E-state index is 0.654. The van der Waals surface area contributed by atoms with Crippen LogP contribution in [0.1, 0.15) is 0 Å². The predicted molar refractivity (Wildman–Crippen MR) is 62.6 cm³/mol. The predicted octanol–water partition coefficient (Wildman–Crippen LogP) is 2.75. The third-order valence-corrected chi connectivity index (χ3v) is 3.48. The zero-order chi connectivity index (χ0) is 11.0. The van der Waals surface area contributed by atoms with Gasteiger partial charge in [0.2, 0.25) is 0 Å². The van der Waals surface area contributed by atoms with Crippen LogP contribution in [0.15, 0.2) is 52.4 Å². The van der Waals surface area contributed by atoms with Crippen LogP contribution in [-0.4, -0.2) is 11.4 Å². The summed E-state index contributed by atoms with van der Waals surface area (Å²) in [6.45, 7) is 0. The van der Waals surface area contributed by atoms with Crippen molar-refractivity contribution in [2.24, 2.45) is 0 Å². The SMILES string of the molecule is O=[C]N1c2ccccc2Sc2cccnc21. The van der Waals surface area contributed by atoms with Crippen molar-refractivity contribution in [3.05, 3.63) is 42.6 Å². The zero-order valence-corrected chi connectivity index (χ0v) is 9.07. The normalized spacial score (nSPS) is 12.9. The highest BCUT2D eigenvalue weighted by molar-refractivity contribution is 7.99. The molecule has 0 atom stereocenters. The van der Waals surface area contributed by atoms with E-state index >= 15 is 0 Å². The summed E-state index contributed by atoms with van der Waals surface area (Å²) >= 11 is 1.62. The summed E-state index contributed by atoms with van der Waals surface area (Å²) in [7, 11) is 0. The fraction of sp³-hybridized carbons (Fsp3) is 0. The first-order valence-corrected chi connectivity index (χ1v) is 5.61. The standard InChI is InChI=1S/C12H7N2OS/c15-8-14-9-4-1-2-5-10(9)16-11-6-3-7-13-12(11)14/h1-7H. The van der Waals surface area contributed by atoms with Gasteiger partial charge in [0.05, 0.1) is 10.6 Å². The summed E-state index contributed by atoms with van der Waals surface area (Å²) in [5, 5.41) is 0. The summed E-state index contributed by atoms with van der Waals surface area (Å²) in [4.78, 5) is 18.7. The lowest BCUT2D eigenvalue weighted by molar-refractivity contribution is 0.555. The summed E-state index contributed by atoms with van der Waals surface area (Å²) < 4.78 is 0. The molecule has 0 fully saturated rings.